The predicted molar refractivity (Wildman–Crippen MR) is 109 cm³/mol. The van der Waals surface area contributed by atoms with Crippen molar-refractivity contribution in [1.82, 2.24) is 4.90 Å². The van der Waals surface area contributed by atoms with Crippen molar-refractivity contribution in [2.75, 3.05) is 26.7 Å². The lowest BCUT2D eigenvalue weighted by Gasteiger charge is -2.37. The molecule has 5 nitrogen and oxygen atoms in total. The minimum Gasteiger partial charge on any atom is -0.493 e. The van der Waals surface area contributed by atoms with Crippen LogP contribution in [-0.2, 0) is 4.84 Å². The second kappa shape index (κ2) is 7.58. The van der Waals surface area contributed by atoms with Crippen molar-refractivity contribution in [1.29, 1.82) is 0 Å². The Hall–Kier alpha value is -1.75. The first kappa shape index (κ1) is 18.3. The molecule has 4 aliphatic rings. The first-order valence-electron chi connectivity index (χ1n) is 11.1. The van der Waals surface area contributed by atoms with Crippen LogP contribution >= 0.6 is 0 Å². The minimum absolute atomic E-state index is 0.0955. The lowest BCUT2D eigenvalue weighted by Crippen LogP contribution is -2.45. The van der Waals surface area contributed by atoms with Gasteiger partial charge in [-0.1, -0.05) is 5.16 Å². The van der Waals surface area contributed by atoms with Crippen LogP contribution in [0.25, 0.3) is 0 Å². The highest BCUT2D eigenvalue weighted by molar-refractivity contribution is 6.02. The summed E-state index contributed by atoms with van der Waals surface area (Å²) in [5, 5.41) is 4.51. The zero-order chi connectivity index (χ0) is 19.0. The van der Waals surface area contributed by atoms with Gasteiger partial charge in [-0.05, 0) is 62.6 Å². The van der Waals surface area contributed by atoms with Gasteiger partial charge in [0.25, 0.3) is 0 Å². The molecule has 0 radical (unpaired) electrons. The van der Waals surface area contributed by atoms with Crippen LogP contribution in [0.3, 0.4) is 0 Å². The molecule has 2 heterocycles. The maximum absolute atomic E-state index is 6.26. The number of hydrogen-bond acceptors (Lipinski definition) is 5. The Labute approximate surface area is 168 Å². The summed E-state index contributed by atoms with van der Waals surface area (Å²) in [7, 11) is 1.71. The molecule has 3 fully saturated rings. The smallest absolute Gasteiger partial charge is 0.162 e. The maximum Gasteiger partial charge on any atom is 0.162 e. The SMILES string of the molecule is COc1ccc(C2=NOC3(CCN(CC4CC4)CC3)C2)cc1OC1CCCC1. The lowest BCUT2D eigenvalue weighted by atomic mass is 9.85. The van der Waals surface area contributed by atoms with Crippen molar-refractivity contribution in [3.63, 3.8) is 0 Å². The summed E-state index contributed by atoms with van der Waals surface area (Å²) in [4.78, 5) is 8.65. The Morgan fingerprint density at radius 3 is 2.61 bits per heavy atom. The van der Waals surface area contributed by atoms with E-state index in [4.69, 9.17) is 14.3 Å². The topological polar surface area (TPSA) is 43.3 Å². The number of nitrogens with zero attached hydrogens (tertiary/aromatic N) is 2. The molecule has 28 heavy (non-hydrogen) atoms. The van der Waals surface area contributed by atoms with Crippen molar-refractivity contribution in [2.24, 2.45) is 11.1 Å². The van der Waals surface area contributed by atoms with E-state index in [0.717, 1.165) is 73.9 Å². The number of ether oxygens (including phenoxy) is 2. The van der Waals surface area contributed by atoms with Gasteiger partial charge in [-0.15, -0.1) is 0 Å². The molecule has 2 aliphatic carbocycles. The van der Waals surface area contributed by atoms with E-state index in [-0.39, 0.29) is 5.60 Å². The standard InChI is InChI=1S/C23H32N2O3/c1-26-21-9-8-18(14-22(21)27-19-4-2-3-5-19)20-15-23(28-24-20)10-12-25(13-11-23)16-17-6-7-17/h8-9,14,17,19H,2-7,10-13,15-16H2,1H3. The molecule has 5 heteroatoms. The molecule has 0 unspecified atom stereocenters. The number of methoxy groups -OCH3 is 1. The van der Waals surface area contributed by atoms with E-state index in [2.05, 4.69) is 22.2 Å². The van der Waals surface area contributed by atoms with Crippen LogP contribution in [-0.4, -0.2) is 49.1 Å². The summed E-state index contributed by atoms with van der Waals surface area (Å²) >= 11 is 0. The van der Waals surface area contributed by atoms with E-state index in [9.17, 15) is 0 Å². The number of piperidine rings is 1. The Morgan fingerprint density at radius 1 is 1.11 bits per heavy atom. The molecule has 152 valence electrons. The third-order valence-corrected chi connectivity index (χ3v) is 6.91. The molecular formula is C23H32N2O3. The molecule has 0 atom stereocenters. The fourth-order valence-corrected chi connectivity index (χ4v) is 4.89. The van der Waals surface area contributed by atoms with Crippen LogP contribution in [0.1, 0.15) is 63.4 Å². The molecule has 2 aliphatic heterocycles. The Balaban J connectivity index is 1.25. The molecule has 0 aromatic heterocycles. The van der Waals surface area contributed by atoms with Crippen molar-refractivity contribution in [3.05, 3.63) is 23.8 Å². The van der Waals surface area contributed by atoms with Crippen molar-refractivity contribution >= 4 is 5.71 Å². The number of likely N-dealkylation sites (tertiary alicyclic amines) is 1. The average Bonchev–Trinajstić information content (AvgIpc) is 3.21. The Bertz CT molecular complexity index is 729. The van der Waals surface area contributed by atoms with E-state index in [1.54, 1.807) is 7.11 Å². The van der Waals surface area contributed by atoms with Gasteiger partial charge in [0.05, 0.1) is 18.9 Å². The Morgan fingerprint density at radius 2 is 1.89 bits per heavy atom. The van der Waals surface area contributed by atoms with Gasteiger partial charge in [0.15, 0.2) is 11.5 Å². The molecule has 0 amide bonds. The quantitative estimate of drug-likeness (QED) is 0.730. The van der Waals surface area contributed by atoms with Gasteiger partial charge in [0.2, 0.25) is 0 Å². The Kier molecular flexibility index (Phi) is 4.95. The molecule has 1 aromatic rings. The van der Waals surface area contributed by atoms with Crippen LogP contribution in [0.4, 0.5) is 0 Å². The zero-order valence-corrected chi connectivity index (χ0v) is 17.0. The average molecular weight is 385 g/mol. The highest BCUT2D eigenvalue weighted by Gasteiger charge is 2.43. The summed E-state index contributed by atoms with van der Waals surface area (Å²) in [5.74, 6) is 2.61. The summed E-state index contributed by atoms with van der Waals surface area (Å²) in [6, 6.07) is 6.19. The van der Waals surface area contributed by atoms with Gasteiger partial charge in [0.1, 0.15) is 5.60 Å². The maximum atomic E-state index is 6.26. The molecule has 1 spiro atoms. The normalized spacial score (nSPS) is 25.0. The van der Waals surface area contributed by atoms with E-state index in [1.165, 1.54) is 32.2 Å². The highest BCUT2D eigenvalue weighted by Crippen LogP contribution is 2.39. The third kappa shape index (κ3) is 3.86. The zero-order valence-electron chi connectivity index (χ0n) is 17.0. The predicted octanol–water partition coefficient (Wildman–Crippen LogP) is 4.39. The molecule has 0 bridgehead atoms. The molecule has 1 saturated heterocycles. The third-order valence-electron chi connectivity index (χ3n) is 6.91. The van der Waals surface area contributed by atoms with Gasteiger partial charge in [-0.25, -0.2) is 0 Å². The van der Waals surface area contributed by atoms with Crippen molar-refractivity contribution in [2.45, 2.75) is 69.5 Å². The van der Waals surface area contributed by atoms with E-state index in [0.29, 0.717) is 6.10 Å². The van der Waals surface area contributed by atoms with Crippen LogP contribution in [0.5, 0.6) is 11.5 Å². The van der Waals surface area contributed by atoms with Gasteiger partial charge in [-0.2, -0.15) is 0 Å². The highest BCUT2D eigenvalue weighted by atomic mass is 16.7. The van der Waals surface area contributed by atoms with Crippen LogP contribution in [0, 0.1) is 5.92 Å². The van der Waals surface area contributed by atoms with E-state index >= 15 is 0 Å². The molecule has 0 N–H and O–H groups in total. The number of benzene rings is 1. The second-order valence-electron chi connectivity index (χ2n) is 9.12. The van der Waals surface area contributed by atoms with Crippen molar-refractivity contribution < 1.29 is 14.3 Å². The lowest BCUT2D eigenvalue weighted by molar-refractivity contribution is -0.0619. The van der Waals surface area contributed by atoms with Gasteiger partial charge in [0, 0.05) is 44.5 Å². The fraction of sp³-hybridized carbons (Fsp3) is 0.696. The molecular weight excluding hydrogens is 352 g/mol. The first-order chi connectivity index (χ1) is 13.7. The summed E-state index contributed by atoms with van der Waals surface area (Å²) < 4.78 is 11.8. The fourth-order valence-electron chi connectivity index (χ4n) is 4.89. The molecule has 1 aromatic carbocycles. The first-order valence-corrected chi connectivity index (χ1v) is 11.1. The number of rotatable bonds is 6. The van der Waals surface area contributed by atoms with Gasteiger partial charge in [-0.3, -0.25) is 0 Å². The molecule has 5 rings (SSSR count). The summed E-state index contributed by atoms with van der Waals surface area (Å²) in [6.45, 7) is 3.56. The molecule has 2 saturated carbocycles. The largest absolute Gasteiger partial charge is 0.493 e. The number of oxime groups is 1. The second-order valence-corrected chi connectivity index (χ2v) is 9.12. The van der Waals surface area contributed by atoms with E-state index in [1.807, 2.05) is 6.07 Å². The number of hydrogen-bond donors (Lipinski definition) is 0. The van der Waals surface area contributed by atoms with E-state index < -0.39 is 0 Å². The summed E-state index contributed by atoms with van der Waals surface area (Å²) in [6.07, 6.45) is 11.0. The summed E-state index contributed by atoms with van der Waals surface area (Å²) in [5.41, 5.74) is 2.06. The monoisotopic (exact) mass is 384 g/mol. The van der Waals surface area contributed by atoms with Crippen LogP contribution < -0.4 is 9.47 Å². The van der Waals surface area contributed by atoms with Crippen LogP contribution in [0.2, 0.25) is 0 Å². The van der Waals surface area contributed by atoms with Crippen molar-refractivity contribution in [3.8, 4) is 11.5 Å². The minimum atomic E-state index is -0.0955. The van der Waals surface area contributed by atoms with Crippen LogP contribution in [0.15, 0.2) is 23.4 Å². The van der Waals surface area contributed by atoms with Gasteiger partial charge >= 0.3 is 0 Å². The van der Waals surface area contributed by atoms with Gasteiger partial charge < -0.3 is 19.2 Å².